The first-order valence-electron chi connectivity index (χ1n) is 7.16. The molecule has 0 atom stereocenters. The average molecular weight is 328 g/mol. The third-order valence-electron chi connectivity index (χ3n) is 3.53. The molecule has 3 aromatic rings. The van der Waals surface area contributed by atoms with Gasteiger partial charge >= 0.3 is 0 Å². The van der Waals surface area contributed by atoms with Gasteiger partial charge in [-0.15, -0.1) is 0 Å². The normalized spacial score (nSPS) is 10.5. The number of rotatable bonds is 4. The van der Waals surface area contributed by atoms with Crippen molar-refractivity contribution in [3.05, 3.63) is 83.1 Å². The van der Waals surface area contributed by atoms with Crippen molar-refractivity contribution in [1.82, 2.24) is 0 Å². The summed E-state index contributed by atoms with van der Waals surface area (Å²) in [5, 5.41) is 0.0305. The van der Waals surface area contributed by atoms with E-state index in [1.165, 1.54) is 6.07 Å². The summed E-state index contributed by atoms with van der Waals surface area (Å²) in [6.07, 6.45) is 0. The van der Waals surface area contributed by atoms with Crippen molar-refractivity contribution in [2.75, 3.05) is 5.73 Å². The van der Waals surface area contributed by atoms with Crippen LogP contribution in [0.1, 0.15) is 5.56 Å². The summed E-state index contributed by atoms with van der Waals surface area (Å²) in [5.74, 6) is 0.151. The van der Waals surface area contributed by atoms with Gasteiger partial charge in [0.2, 0.25) is 0 Å². The molecule has 4 heteroatoms. The molecule has 116 valence electrons. The molecule has 0 unspecified atom stereocenters. The fourth-order valence-corrected chi connectivity index (χ4v) is 2.54. The molecule has 3 aromatic carbocycles. The van der Waals surface area contributed by atoms with Crippen molar-refractivity contribution in [2.24, 2.45) is 0 Å². The lowest BCUT2D eigenvalue weighted by Crippen LogP contribution is -1.95. The van der Waals surface area contributed by atoms with Crippen LogP contribution in [0, 0.1) is 5.82 Å². The molecule has 0 heterocycles. The van der Waals surface area contributed by atoms with E-state index in [9.17, 15) is 4.39 Å². The van der Waals surface area contributed by atoms with Crippen LogP contribution in [-0.4, -0.2) is 0 Å². The molecule has 0 spiro atoms. The topological polar surface area (TPSA) is 35.2 Å². The van der Waals surface area contributed by atoms with Gasteiger partial charge in [-0.2, -0.15) is 0 Å². The molecular weight excluding hydrogens is 313 g/mol. The van der Waals surface area contributed by atoms with Crippen molar-refractivity contribution < 1.29 is 9.13 Å². The number of benzene rings is 3. The number of nitrogen functional groups attached to an aromatic ring is 1. The third kappa shape index (κ3) is 3.46. The molecule has 0 fully saturated rings. The van der Waals surface area contributed by atoms with Crippen molar-refractivity contribution in [3.8, 4) is 16.9 Å². The molecule has 0 aliphatic rings. The SMILES string of the molecule is Nc1ccc(-c2ccc(OCc3ccccc3)cc2)c(Cl)c1F. The van der Waals surface area contributed by atoms with Gasteiger partial charge in [0.15, 0.2) is 5.82 Å². The lowest BCUT2D eigenvalue weighted by atomic mass is 10.0. The molecule has 2 N–H and O–H groups in total. The summed E-state index contributed by atoms with van der Waals surface area (Å²) in [6, 6.07) is 20.5. The summed E-state index contributed by atoms with van der Waals surface area (Å²) in [5.41, 5.74) is 8.06. The van der Waals surface area contributed by atoms with E-state index in [2.05, 4.69) is 0 Å². The van der Waals surface area contributed by atoms with Gasteiger partial charge in [0.05, 0.1) is 10.7 Å². The lowest BCUT2D eigenvalue weighted by molar-refractivity contribution is 0.306. The summed E-state index contributed by atoms with van der Waals surface area (Å²) in [7, 11) is 0. The number of hydrogen-bond acceptors (Lipinski definition) is 2. The van der Waals surface area contributed by atoms with Crippen LogP contribution in [0.5, 0.6) is 5.75 Å². The maximum Gasteiger partial charge on any atom is 0.165 e. The summed E-state index contributed by atoms with van der Waals surface area (Å²) < 4.78 is 19.5. The van der Waals surface area contributed by atoms with Gasteiger partial charge in [0.25, 0.3) is 0 Å². The fraction of sp³-hybridized carbons (Fsp3) is 0.0526. The van der Waals surface area contributed by atoms with E-state index in [1.807, 2.05) is 54.6 Å². The lowest BCUT2D eigenvalue weighted by Gasteiger charge is -2.09. The molecule has 2 nitrogen and oxygen atoms in total. The number of ether oxygens (including phenoxy) is 1. The van der Waals surface area contributed by atoms with E-state index in [-0.39, 0.29) is 10.7 Å². The smallest absolute Gasteiger partial charge is 0.165 e. The zero-order valence-electron chi connectivity index (χ0n) is 12.3. The quantitative estimate of drug-likeness (QED) is 0.659. The molecule has 0 aromatic heterocycles. The van der Waals surface area contributed by atoms with Gasteiger partial charge in [-0.25, -0.2) is 4.39 Å². The molecule has 0 saturated carbocycles. The van der Waals surface area contributed by atoms with Crippen LogP contribution in [0.4, 0.5) is 10.1 Å². The maximum atomic E-state index is 13.8. The molecular formula is C19H15ClFNO. The standard InChI is InChI=1S/C19H15ClFNO/c20-18-16(10-11-17(22)19(18)21)14-6-8-15(9-7-14)23-12-13-4-2-1-3-5-13/h1-11H,12,22H2. The first kappa shape index (κ1) is 15.4. The van der Waals surface area contributed by atoms with Gasteiger partial charge in [-0.3, -0.25) is 0 Å². The van der Waals surface area contributed by atoms with Crippen LogP contribution in [0.15, 0.2) is 66.7 Å². The predicted octanol–water partition coefficient (Wildman–Crippen LogP) is 5.31. The Kier molecular flexibility index (Phi) is 4.49. The van der Waals surface area contributed by atoms with Crippen LogP contribution in [-0.2, 0) is 6.61 Å². The van der Waals surface area contributed by atoms with Crippen LogP contribution >= 0.6 is 11.6 Å². The highest BCUT2D eigenvalue weighted by molar-refractivity contribution is 6.33. The number of hydrogen-bond donors (Lipinski definition) is 1. The van der Waals surface area contributed by atoms with E-state index in [0.717, 1.165) is 16.9 Å². The Hall–Kier alpha value is -2.52. The predicted molar refractivity (Wildman–Crippen MR) is 92.0 cm³/mol. The van der Waals surface area contributed by atoms with Gasteiger partial charge in [-0.1, -0.05) is 60.1 Å². The number of halogens is 2. The van der Waals surface area contributed by atoms with Crippen molar-refractivity contribution in [2.45, 2.75) is 6.61 Å². The Morgan fingerprint density at radius 2 is 1.61 bits per heavy atom. The highest BCUT2D eigenvalue weighted by atomic mass is 35.5. The molecule has 0 saturated heterocycles. The van der Waals surface area contributed by atoms with Crippen LogP contribution in [0.3, 0.4) is 0 Å². The van der Waals surface area contributed by atoms with Crippen LogP contribution in [0.2, 0.25) is 5.02 Å². The first-order chi connectivity index (χ1) is 11.1. The highest BCUT2D eigenvalue weighted by Gasteiger charge is 2.11. The molecule has 0 amide bonds. The van der Waals surface area contributed by atoms with E-state index in [1.54, 1.807) is 6.07 Å². The molecule has 0 aliphatic heterocycles. The molecule has 0 radical (unpaired) electrons. The van der Waals surface area contributed by atoms with Gasteiger partial charge in [0, 0.05) is 5.56 Å². The molecule has 23 heavy (non-hydrogen) atoms. The Morgan fingerprint density at radius 3 is 2.30 bits per heavy atom. The minimum atomic E-state index is -0.589. The Labute approximate surface area is 139 Å². The van der Waals surface area contributed by atoms with Gasteiger partial charge in [-0.05, 0) is 29.3 Å². The van der Waals surface area contributed by atoms with E-state index >= 15 is 0 Å². The van der Waals surface area contributed by atoms with E-state index in [0.29, 0.717) is 12.2 Å². The molecule has 0 bridgehead atoms. The Morgan fingerprint density at radius 1 is 0.913 bits per heavy atom. The minimum absolute atomic E-state index is 0.0305. The third-order valence-corrected chi connectivity index (χ3v) is 3.90. The number of nitrogens with two attached hydrogens (primary N) is 1. The van der Waals surface area contributed by atoms with Crippen molar-refractivity contribution >= 4 is 17.3 Å². The minimum Gasteiger partial charge on any atom is -0.489 e. The van der Waals surface area contributed by atoms with Crippen molar-refractivity contribution in [1.29, 1.82) is 0 Å². The second kappa shape index (κ2) is 6.71. The van der Waals surface area contributed by atoms with Gasteiger partial charge < -0.3 is 10.5 Å². The largest absolute Gasteiger partial charge is 0.489 e. The first-order valence-corrected chi connectivity index (χ1v) is 7.53. The monoisotopic (exact) mass is 327 g/mol. The maximum absolute atomic E-state index is 13.8. The van der Waals surface area contributed by atoms with E-state index in [4.69, 9.17) is 22.1 Å². The fourth-order valence-electron chi connectivity index (χ4n) is 2.26. The Bertz CT molecular complexity index is 804. The second-order valence-corrected chi connectivity index (χ2v) is 5.51. The second-order valence-electron chi connectivity index (χ2n) is 5.13. The molecule has 3 rings (SSSR count). The number of anilines is 1. The van der Waals surface area contributed by atoms with E-state index < -0.39 is 5.82 Å². The van der Waals surface area contributed by atoms with Crippen molar-refractivity contribution in [3.63, 3.8) is 0 Å². The summed E-state index contributed by atoms with van der Waals surface area (Å²) in [6.45, 7) is 0.497. The van der Waals surface area contributed by atoms with Crippen LogP contribution < -0.4 is 10.5 Å². The zero-order valence-corrected chi connectivity index (χ0v) is 13.1. The highest BCUT2D eigenvalue weighted by Crippen LogP contribution is 2.33. The summed E-state index contributed by atoms with van der Waals surface area (Å²) >= 11 is 6.03. The van der Waals surface area contributed by atoms with Gasteiger partial charge in [0.1, 0.15) is 12.4 Å². The van der Waals surface area contributed by atoms with Crippen LogP contribution in [0.25, 0.3) is 11.1 Å². The zero-order chi connectivity index (χ0) is 16.2. The molecule has 0 aliphatic carbocycles. The summed E-state index contributed by atoms with van der Waals surface area (Å²) in [4.78, 5) is 0. The Balaban J connectivity index is 1.76. The average Bonchev–Trinajstić information content (AvgIpc) is 2.60.